The lowest BCUT2D eigenvalue weighted by molar-refractivity contribution is -0.145. The highest BCUT2D eigenvalue weighted by atomic mass is 16.5. The van der Waals surface area contributed by atoms with E-state index >= 15 is 0 Å². The first-order valence-corrected chi connectivity index (χ1v) is 9.00. The van der Waals surface area contributed by atoms with Crippen molar-refractivity contribution in [3.05, 3.63) is 23.0 Å². The average molecular weight is 360 g/mol. The second-order valence-corrected chi connectivity index (χ2v) is 7.78. The number of ketones is 1. The number of likely N-dealkylation sites (tertiary alicyclic amines) is 1. The summed E-state index contributed by atoms with van der Waals surface area (Å²) in [6.45, 7) is 11.2. The number of carbonyl (C=O) groups is 3. The molecule has 0 radical (unpaired) electrons. The lowest BCUT2D eigenvalue weighted by Crippen LogP contribution is -2.41. The van der Waals surface area contributed by atoms with Gasteiger partial charge in [-0.3, -0.25) is 14.6 Å². The van der Waals surface area contributed by atoms with Crippen molar-refractivity contribution in [1.82, 2.24) is 9.88 Å². The molecule has 1 aliphatic rings. The highest BCUT2D eigenvalue weighted by Gasteiger charge is 2.36. The predicted molar refractivity (Wildman–Crippen MR) is 98.1 cm³/mol. The molecule has 6 heteroatoms. The first kappa shape index (κ1) is 20.1. The molecule has 0 aliphatic carbocycles. The molecule has 1 amide bonds. The molecule has 0 spiro atoms. The second kappa shape index (κ2) is 7.56. The molecule has 2 heterocycles. The summed E-state index contributed by atoms with van der Waals surface area (Å²) in [5.74, 6) is -0.0568. The maximum Gasteiger partial charge on any atom is 0.334 e. The lowest BCUT2D eigenvalue weighted by atomic mass is 9.79. The van der Waals surface area contributed by atoms with Gasteiger partial charge in [0.15, 0.2) is 0 Å². The number of esters is 1. The zero-order valence-corrected chi connectivity index (χ0v) is 16.5. The highest BCUT2D eigenvalue weighted by molar-refractivity contribution is 5.85. The third kappa shape index (κ3) is 4.29. The Morgan fingerprint density at radius 3 is 2.50 bits per heavy atom. The Kier molecular flexibility index (Phi) is 5.84. The molecule has 0 saturated carbocycles. The van der Waals surface area contributed by atoms with Crippen molar-refractivity contribution < 1.29 is 19.1 Å². The fourth-order valence-electron chi connectivity index (χ4n) is 3.97. The third-order valence-corrected chi connectivity index (χ3v) is 4.80. The van der Waals surface area contributed by atoms with E-state index in [4.69, 9.17) is 4.74 Å². The number of ether oxygens (including phenoxy) is 1. The molecule has 1 atom stereocenters. The number of nitrogens with zero attached hydrogens (tertiary/aromatic N) is 2. The van der Waals surface area contributed by atoms with E-state index in [9.17, 15) is 14.4 Å². The SMILES string of the molecule is CC(=O)CC(C)(C)c1c(OC(=O)C2CCCN2C(C)=O)cc(C)nc1C. The lowest BCUT2D eigenvalue weighted by Gasteiger charge is -2.29. The van der Waals surface area contributed by atoms with Crippen LogP contribution in [0.1, 0.15) is 63.9 Å². The summed E-state index contributed by atoms with van der Waals surface area (Å²) in [4.78, 5) is 42.2. The normalized spacial score (nSPS) is 17.3. The van der Waals surface area contributed by atoms with E-state index in [0.29, 0.717) is 25.1 Å². The van der Waals surface area contributed by atoms with E-state index in [-0.39, 0.29) is 11.7 Å². The van der Waals surface area contributed by atoms with Crippen LogP contribution in [0.15, 0.2) is 6.07 Å². The van der Waals surface area contributed by atoms with Crippen LogP contribution in [0.2, 0.25) is 0 Å². The number of hydrogen-bond acceptors (Lipinski definition) is 5. The first-order valence-electron chi connectivity index (χ1n) is 9.00. The summed E-state index contributed by atoms with van der Waals surface area (Å²) in [7, 11) is 0. The summed E-state index contributed by atoms with van der Waals surface area (Å²) in [6.07, 6.45) is 1.72. The fourth-order valence-corrected chi connectivity index (χ4v) is 3.97. The Morgan fingerprint density at radius 2 is 1.92 bits per heavy atom. The number of aryl methyl sites for hydroxylation is 2. The smallest absolute Gasteiger partial charge is 0.334 e. The molecule has 1 aromatic rings. The standard InChI is InChI=1S/C20H28N2O4/c1-12-10-17(18(14(3)21-12)20(5,6)11-13(2)23)26-19(25)16-8-7-9-22(16)15(4)24/h10,16H,7-9,11H2,1-6H3. The van der Waals surface area contributed by atoms with Crippen LogP contribution in [-0.4, -0.2) is 40.1 Å². The van der Waals surface area contributed by atoms with Gasteiger partial charge in [-0.1, -0.05) is 13.8 Å². The van der Waals surface area contributed by atoms with Crippen LogP contribution in [0.5, 0.6) is 5.75 Å². The van der Waals surface area contributed by atoms with E-state index in [1.165, 1.54) is 6.92 Å². The second-order valence-electron chi connectivity index (χ2n) is 7.78. The van der Waals surface area contributed by atoms with Crippen molar-refractivity contribution in [2.75, 3.05) is 6.54 Å². The van der Waals surface area contributed by atoms with Gasteiger partial charge in [0.1, 0.15) is 17.6 Å². The van der Waals surface area contributed by atoms with Crippen LogP contribution in [0.25, 0.3) is 0 Å². The van der Waals surface area contributed by atoms with Crippen LogP contribution in [0.4, 0.5) is 0 Å². The van der Waals surface area contributed by atoms with Crippen LogP contribution in [0, 0.1) is 13.8 Å². The summed E-state index contributed by atoms with van der Waals surface area (Å²) < 4.78 is 5.76. The van der Waals surface area contributed by atoms with Gasteiger partial charge in [-0.05, 0) is 33.6 Å². The third-order valence-electron chi connectivity index (χ3n) is 4.80. The van der Waals surface area contributed by atoms with Gasteiger partial charge in [0, 0.05) is 48.3 Å². The predicted octanol–water partition coefficient (Wildman–Crippen LogP) is 2.87. The van der Waals surface area contributed by atoms with E-state index in [2.05, 4.69) is 4.98 Å². The van der Waals surface area contributed by atoms with E-state index in [0.717, 1.165) is 23.4 Å². The van der Waals surface area contributed by atoms with Gasteiger partial charge in [0.2, 0.25) is 5.91 Å². The average Bonchev–Trinajstić information content (AvgIpc) is 2.93. The number of aromatic nitrogens is 1. The monoisotopic (exact) mass is 360 g/mol. The number of rotatable bonds is 5. The Bertz CT molecular complexity index is 740. The fraction of sp³-hybridized carbons (Fsp3) is 0.600. The molecular weight excluding hydrogens is 332 g/mol. The minimum Gasteiger partial charge on any atom is -0.425 e. The van der Waals surface area contributed by atoms with E-state index in [1.54, 1.807) is 17.9 Å². The van der Waals surface area contributed by atoms with E-state index in [1.807, 2.05) is 27.7 Å². The van der Waals surface area contributed by atoms with Crippen molar-refractivity contribution in [2.24, 2.45) is 0 Å². The van der Waals surface area contributed by atoms with Crippen LogP contribution in [0.3, 0.4) is 0 Å². The zero-order valence-electron chi connectivity index (χ0n) is 16.5. The highest BCUT2D eigenvalue weighted by Crippen LogP contribution is 2.37. The molecule has 0 bridgehead atoms. The number of Topliss-reactive ketones (excluding diaryl/α,β-unsaturated/α-hetero) is 1. The Morgan fingerprint density at radius 1 is 1.27 bits per heavy atom. The summed E-state index contributed by atoms with van der Waals surface area (Å²) in [6, 6.07) is 1.18. The molecule has 1 unspecified atom stereocenters. The molecule has 1 saturated heterocycles. The van der Waals surface area contributed by atoms with Gasteiger partial charge in [-0.25, -0.2) is 4.79 Å². The maximum atomic E-state index is 12.8. The number of hydrogen-bond donors (Lipinski definition) is 0. The minimum atomic E-state index is -0.551. The Hall–Kier alpha value is -2.24. The molecule has 1 fully saturated rings. The zero-order chi connectivity index (χ0) is 19.6. The number of carbonyl (C=O) groups excluding carboxylic acids is 3. The molecule has 1 aliphatic heterocycles. The minimum absolute atomic E-state index is 0.0609. The Balaban J connectivity index is 2.38. The summed E-state index contributed by atoms with van der Waals surface area (Å²) >= 11 is 0. The van der Waals surface area contributed by atoms with Crippen molar-refractivity contribution in [3.8, 4) is 5.75 Å². The van der Waals surface area contributed by atoms with Gasteiger partial charge in [-0.2, -0.15) is 0 Å². The van der Waals surface area contributed by atoms with Gasteiger partial charge >= 0.3 is 5.97 Å². The van der Waals surface area contributed by atoms with Crippen LogP contribution >= 0.6 is 0 Å². The summed E-state index contributed by atoms with van der Waals surface area (Å²) in [5.41, 5.74) is 1.73. The molecular formula is C20H28N2O4. The maximum absolute atomic E-state index is 12.8. The topological polar surface area (TPSA) is 76.6 Å². The molecule has 1 aromatic heterocycles. The Labute approximate surface area is 154 Å². The molecule has 0 aromatic carbocycles. The first-order chi connectivity index (χ1) is 12.0. The van der Waals surface area contributed by atoms with Gasteiger partial charge < -0.3 is 9.64 Å². The van der Waals surface area contributed by atoms with Gasteiger partial charge in [-0.15, -0.1) is 0 Å². The van der Waals surface area contributed by atoms with Crippen LogP contribution in [-0.2, 0) is 19.8 Å². The largest absolute Gasteiger partial charge is 0.425 e. The molecule has 26 heavy (non-hydrogen) atoms. The van der Waals surface area contributed by atoms with Gasteiger partial charge in [0.25, 0.3) is 0 Å². The number of amides is 1. The quantitative estimate of drug-likeness (QED) is 0.755. The molecule has 6 nitrogen and oxygen atoms in total. The van der Waals surface area contributed by atoms with E-state index < -0.39 is 17.4 Å². The molecule has 2 rings (SSSR count). The van der Waals surface area contributed by atoms with Crippen molar-refractivity contribution >= 4 is 17.7 Å². The number of pyridine rings is 1. The molecule has 142 valence electrons. The van der Waals surface area contributed by atoms with Crippen molar-refractivity contribution in [1.29, 1.82) is 0 Å². The van der Waals surface area contributed by atoms with Crippen molar-refractivity contribution in [2.45, 2.75) is 72.3 Å². The summed E-state index contributed by atoms with van der Waals surface area (Å²) in [5, 5.41) is 0. The van der Waals surface area contributed by atoms with Crippen molar-refractivity contribution in [3.63, 3.8) is 0 Å². The van der Waals surface area contributed by atoms with Gasteiger partial charge in [0.05, 0.1) is 0 Å². The molecule has 0 N–H and O–H groups in total. The van der Waals surface area contributed by atoms with Crippen LogP contribution < -0.4 is 4.74 Å².